The van der Waals surface area contributed by atoms with Crippen LogP contribution in [-0.4, -0.2) is 5.91 Å². The summed E-state index contributed by atoms with van der Waals surface area (Å²) in [6.45, 7) is 0.555. The zero-order valence-corrected chi connectivity index (χ0v) is 7.21. The second kappa shape index (κ2) is 3.71. The van der Waals surface area contributed by atoms with E-state index in [1.165, 1.54) is 11.3 Å². The predicted molar refractivity (Wildman–Crippen MR) is 45.5 cm³/mol. The monoisotopic (exact) mass is 190 g/mol. The fraction of sp³-hybridized carbons (Fsp3) is 0.167. The molecule has 60 valence electrons. The molecule has 3 N–H and O–H groups in total. The van der Waals surface area contributed by atoms with E-state index in [9.17, 15) is 4.79 Å². The Labute approximate surface area is 73.3 Å². The van der Waals surface area contributed by atoms with Crippen LogP contribution in [0.25, 0.3) is 0 Å². The van der Waals surface area contributed by atoms with Crippen LogP contribution in [0.2, 0.25) is 0 Å². The lowest BCUT2D eigenvalue weighted by Crippen LogP contribution is -2.08. The van der Waals surface area contributed by atoms with Gasteiger partial charge in [0.1, 0.15) is 0 Å². The Kier molecular flexibility index (Phi) is 2.87. The highest BCUT2D eigenvalue weighted by atomic mass is 35.5. The Morgan fingerprint density at radius 1 is 1.73 bits per heavy atom. The van der Waals surface area contributed by atoms with Gasteiger partial charge < -0.3 is 5.73 Å². The summed E-state index contributed by atoms with van der Waals surface area (Å²) in [5.41, 5.74) is 5.04. The SMILES string of the molecule is NC(=O)c1ccc(CNCl)s1. The molecule has 0 saturated heterocycles. The fourth-order valence-electron chi connectivity index (χ4n) is 0.671. The van der Waals surface area contributed by atoms with Crippen molar-refractivity contribution < 1.29 is 4.79 Å². The minimum absolute atomic E-state index is 0.393. The molecule has 1 amide bonds. The van der Waals surface area contributed by atoms with Crippen molar-refractivity contribution in [3.05, 3.63) is 21.9 Å². The highest BCUT2D eigenvalue weighted by Gasteiger charge is 2.03. The Balaban J connectivity index is 2.73. The van der Waals surface area contributed by atoms with Gasteiger partial charge in [-0.1, -0.05) is 0 Å². The predicted octanol–water partition coefficient (Wildman–Crippen LogP) is 1.09. The van der Waals surface area contributed by atoms with Crippen molar-refractivity contribution in [3.8, 4) is 0 Å². The lowest BCUT2D eigenvalue weighted by atomic mass is 10.4. The molecule has 0 unspecified atom stereocenters. The third-order valence-corrected chi connectivity index (χ3v) is 2.38. The molecule has 5 heteroatoms. The summed E-state index contributed by atoms with van der Waals surface area (Å²) < 4.78 is 0. The number of hydrogen-bond donors (Lipinski definition) is 2. The number of thiophene rings is 1. The molecule has 0 aromatic carbocycles. The van der Waals surface area contributed by atoms with Gasteiger partial charge in [-0.25, -0.2) is 4.84 Å². The maximum Gasteiger partial charge on any atom is 0.258 e. The number of hydrogen-bond acceptors (Lipinski definition) is 3. The summed E-state index contributed by atoms with van der Waals surface area (Å²) >= 11 is 6.61. The molecule has 1 heterocycles. The van der Waals surface area contributed by atoms with Gasteiger partial charge >= 0.3 is 0 Å². The van der Waals surface area contributed by atoms with Crippen LogP contribution in [0.1, 0.15) is 14.5 Å². The molecule has 0 aliphatic rings. The van der Waals surface area contributed by atoms with Crippen LogP contribution >= 0.6 is 23.1 Å². The van der Waals surface area contributed by atoms with E-state index in [2.05, 4.69) is 4.84 Å². The van der Waals surface area contributed by atoms with E-state index in [0.29, 0.717) is 11.4 Å². The van der Waals surface area contributed by atoms with Gasteiger partial charge in [0.15, 0.2) is 0 Å². The lowest BCUT2D eigenvalue weighted by Gasteiger charge is -1.88. The molecule has 11 heavy (non-hydrogen) atoms. The number of rotatable bonds is 3. The minimum atomic E-state index is -0.393. The molecule has 0 fully saturated rings. The van der Waals surface area contributed by atoms with Crippen LogP contribution in [0.5, 0.6) is 0 Å². The van der Waals surface area contributed by atoms with E-state index in [4.69, 9.17) is 17.5 Å². The highest BCUT2D eigenvalue weighted by molar-refractivity contribution is 7.14. The Hall–Kier alpha value is -0.580. The summed E-state index contributed by atoms with van der Waals surface area (Å²) in [6.07, 6.45) is 0. The summed E-state index contributed by atoms with van der Waals surface area (Å²) in [6, 6.07) is 3.51. The first-order valence-electron chi connectivity index (χ1n) is 2.96. The van der Waals surface area contributed by atoms with Crippen molar-refractivity contribution in [1.29, 1.82) is 0 Å². The first kappa shape index (κ1) is 8.52. The number of nitrogens with two attached hydrogens (primary N) is 1. The third kappa shape index (κ3) is 2.18. The smallest absolute Gasteiger partial charge is 0.258 e. The summed E-state index contributed by atoms with van der Waals surface area (Å²) in [5.74, 6) is -0.393. The largest absolute Gasteiger partial charge is 0.365 e. The third-order valence-electron chi connectivity index (χ3n) is 1.15. The molecule has 0 saturated carbocycles. The van der Waals surface area contributed by atoms with Gasteiger partial charge in [-0.15, -0.1) is 11.3 Å². The average molecular weight is 191 g/mol. The van der Waals surface area contributed by atoms with Crippen LogP contribution in [0.15, 0.2) is 12.1 Å². The molecule has 0 spiro atoms. The number of primary amides is 1. The molecule has 0 radical (unpaired) electrons. The molecule has 1 aromatic heterocycles. The highest BCUT2D eigenvalue weighted by Crippen LogP contribution is 2.15. The normalized spacial score (nSPS) is 9.91. The molecular weight excluding hydrogens is 184 g/mol. The Morgan fingerprint density at radius 3 is 2.91 bits per heavy atom. The molecule has 0 bridgehead atoms. The molecule has 1 rings (SSSR count). The van der Waals surface area contributed by atoms with Crippen molar-refractivity contribution in [3.63, 3.8) is 0 Å². The van der Waals surface area contributed by atoms with Gasteiger partial charge in [-0.3, -0.25) is 4.79 Å². The number of halogens is 1. The molecule has 0 atom stereocenters. The number of amides is 1. The van der Waals surface area contributed by atoms with Gasteiger partial charge in [0, 0.05) is 11.4 Å². The summed E-state index contributed by atoms with van der Waals surface area (Å²) in [7, 11) is 0. The second-order valence-electron chi connectivity index (χ2n) is 1.94. The van der Waals surface area contributed by atoms with E-state index in [-0.39, 0.29) is 0 Å². The maximum absolute atomic E-state index is 10.6. The number of carbonyl (C=O) groups is 1. The van der Waals surface area contributed by atoms with E-state index in [1.807, 2.05) is 6.07 Å². The first-order chi connectivity index (χ1) is 5.24. The molecule has 3 nitrogen and oxygen atoms in total. The first-order valence-corrected chi connectivity index (χ1v) is 4.15. The van der Waals surface area contributed by atoms with Gasteiger partial charge in [0.05, 0.1) is 4.88 Å². The zero-order valence-electron chi connectivity index (χ0n) is 5.63. The summed E-state index contributed by atoms with van der Waals surface area (Å²) in [5, 5.41) is 0. The molecule has 1 aromatic rings. The van der Waals surface area contributed by atoms with Crippen molar-refractivity contribution in [1.82, 2.24) is 4.84 Å². The second-order valence-corrected chi connectivity index (χ2v) is 3.38. The lowest BCUT2D eigenvalue weighted by molar-refractivity contribution is 0.100. The van der Waals surface area contributed by atoms with E-state index < -0.39 is 5.91 Å². The minimum Gasteiger partial charge on any atom is -0.365 e. The number of carbonyl (C=O) groups excluding carboxylic acids is 1. The fourth-order valence-corrected chi connectivity index (χ4v) is 1.69. The van der Waals surface area contributed by atoms with Crippen molar-refractivity contribution in [2.45, 2.75) is 6.54 Å². The van der Waals surface area contributed by atoms with Gasteiger partial charge in [0.2, 0.25) is 0 Å². The Bertz CT molecular complexity index is 261. The molecule has 0 aliphatic carbocycles. The van der Waals surface area contributed by atoms with Crippen LogP contribution < -0.4 is 10.6 Å². The number of nitrogens with one attached hydrogen (secondary N) is 1. The maximum atomic E-state index is 10.6. The zero-order chi connectivity index (χ0) is 8.27. The van der Waals surface area contributed by atoms with E-state index >= 15 is 0 Å². The van der Waals surface area contributed by atoms with Crippen molar-refractivity contribution >= 4 is 29.0 Å². The molecular formula is C6H7ClN2OS. The Morgan fingerprint density at radius 2 is 2.45 bits per heavy atom. The van der Waals surface area contributed by atoms with Gasteiger partial charge in [0.25, 0.3) is 5.91 Å². The average Bonchev–Trinajstić information content (AvgIpc) is 2.37. The van der Waals surface area contributed by atoms with Crippen molar-refractivity contribution in [2.24, 2.45) is 5.73 Å². The van der Waals surface area contributed by atoms with Crippen LogP contribution in [0.4, 0.5) is 0 Å². The van der Waals surface area contributed by atoms with Gasteiger partial charge in [-0.2, -0.15) is 0 Å². The topological polar surface area (TPSA) is 55.1 Å². The quantitative estimate of drug-likeness (QED) is 0.702. The molecule has 0 aliphatic heterocycles. The van der Waals surface area contributed by atoms with Crippen LogP contribution in [0, 0.1) is 0 Å². The van der Waals surface area contributed by atoms with Crippen LogP contribution in [0.3, 0.4) is 0 Å². The van der Waals surface area contributed by atoms with Crippen molar-refractivity contribution in [2.75, 3.05) is 0 Å². The van der Waals surface area contributed by atoms with Crippen LogP contribution in [-0.2, 0) is 6.54 Å². The van der Waals surface area contributed by atoms with E-state index in [1.54, 1.807) is 6.07 Å². The van der Waals surface area contributed by atoms with E-state index in [0.717, 1.165) is 4.88 Å². The standard InChI is InChI=1S/C6H7ClN2OS/c7-9-3-4-1-2-5(11-4)6(8)10/h1-2,9H,3H2,(H2,8,10). The summed E-state index contributed by atoms with van der Waals surface area (Å²) in [4.78, 5) is 14.6. The van der Waals surface area contributed by atoms with Gasteiger partial charge in [-0.05, 0) is 23.9 Å².